The molecule has 0 saturated heterocycles. The van der Waals surface area contributed by atoms with Gasteiger partial charge in [0, 0.05) is 5.69 Å². The lowest BCUT2D eigenvalue weighted by molar-refractivity contribution is 0.197. The Morgan fingerprint density at radius 2 is 2.00 bits per heavy atom. The first-order valence-corrected chi connectivity index (χ1v) is 3.42. The van der Waals surface area contributed by atoms with Gasteiger partial charge in [0.1, 0.15) is 6.67 Å². The number of amides is 1. The Bertz CT molecular complexity index is 248. The first-order valence-electron chi connectivity index (χ1n) is 3.42. The third kappa shape index (κ3) is 2.92. The Labute approximate surface area is 70.2 Å². The van der Waals surface area contributed by atoms with E-state index in [9.17, 15) is 4.79 Å². The van der Waals surface area contributed by atoms with E-state index in [1.165, 1.54) is 6.67 Å². The van der Waals surface area contributed by atoms with Gasteiger partial charge in [0.05, 0.1) is 0 Å². The Morgan fingerprint density at radius 1 is 1.33 bits per heavy atom. The third-order valence-corrected chi connectivity index (χ3v) is 1.21. The molecule has 63 valence electrons. The maximum absolute atomic E-state index is 10.0. The Morgan fingerprint density at radius 3 is 2.58 bits per heavy atom. The van der Waals surface area contributed by atoms with Crippen molar-refractivity contribution in [2.75, 3.05) is 5.32 Å². The molecule has 1 rings (SSSR count). The van der Waals surface area contributed by atoms with Gasteiger partial charge in [-0.1, -0.05) is 18.2 Å². The van der Waals surface area contributed by atoms with Gasteiger partial charge in [-0.15, -0.1) is 0 Å². The second kappa shape index (κ2) is 4.23. The number of carboxylic acid groups (broad SMARTS) is 1. The number of benzene rings is 1. The van der Waals surface area contributed by atoms with Crippen LogP contribution in [-0.2, 0) is 0 Å². The first kappa shape index (κ1) is 8.39. The van der Waals surface area contributed by atoms with Crippen LogP contribution in [0.5, 0.6) is 0 Å². The largest absolute Gasteiger partial charge is 0.465 e. The molecule has 0 saturated carbocycles. The van der Waals surface area contributed by atoms with Crippen molar-refractivity contribution in [2.24, 2.45) is 0 Å². The fraction of sp³-hybridized carbons (Fsp3) is 0. The molecule has 0 aromatic heterocycles. The molecular weight excluding hydrogens is 156 g/mol. The minimum atomic E-state index is -1.08. The van der Waals surface area contributed by atoms with E-state index >= 15 is 0 Å². The molecule has 4 nitrogen and oxygen atoms in total. The average Bonchev–Trinajstić information content (AvgIpc) is 2.05. The Balaban J connectivity index is 2.29. The van der Waals surface area contributed by atoms with Gasteiger partial charge in [0.25, 0.3) is 0 Å². The van der Waals surface area contributed by atoms with Crippen LogP contribution >= 0.6 is 0 Å². The quantitative estimate of drug-likeness (QED) is 0.635. The summed E-state index contributed by atoms with van der Waals surface area (Å²) in [6.45, 7) is 1.26. The topological polar surface area (TPSA) is 61.4 Å². The lowest BCUT2D eigenvalue weighted by Gasteiger charge is -2.03. The summed E-state index contributed by atoms with van der Waals surface area (Å²) >= 11 is 0. The number of anilines is 1. The third-order valence-electron chi connectivity index (χ3n) is 1.21. The van der Waals surface area contributed by atoms with Gasteiger partial charge in [0.15, 0.2) is 0 Å². The fourth-order valence-electron chi connectivity index (χ4n) is 0.716. The molecule has 0 atom stereocenters. The van der Waals surface area contributed by atoms with Crippen LogP contribution in [0.4, 0.5) is 10.5 Å². The zero-order valence-corrected chi connectivity index (χ0v) is 6.32. The molecule has 0 heterocycles. The van der Waals surface area contributed by atoms with Gasteiger partial charge in [-0.25, -0.2) is 4.79 Å². The number of hydrogen-bond acceptors (Lipinski definition) is 2. The molecule has 12 heavy (non-hydrogen) atoms. The highest BCUT2D eigenvalue weighted by Crippen LogP contribution is 2.03. The predicted molar refractivity (Wildman–Crippen MR) is 45.5 cm³/mol. The molecule has 0 aliphatic heterocycles. The highest BCUT2D eigenvalue weighted by atomic mass is 16.4. The molecule has 3 N–H and O–H groups in total. The molecule has 0 fully saturated rings. The average molecular weight is 165 g/mol. The van der Waals surface area contributed by atoms with E-state index in [2.05, 4.69) is 10.6 Å². The van der Waals surface area contributed by atoms with Crippen molar-refractivity contribution in [3.05, 3.63) is 37.0 Å². The molecule has 0 aliphatic rings. The number of nitrogens with one attached hydrogen (secondary N) is 2. The van der Waals surface area contributed by atoms with Crippen LogP contribution in [0, 0.1) is 6.67 Å². The molecule has 1 aromatic carbocycles. The van der Waals surface area contributed by atoms with E-state index in [0.717, 1.165) is 5.69 Å². The maximum atomic E-state index is 10.0. The summed E-state index contributed by atoms with van der Waals surface area (Å²) in [4.78, 5) is 10.0. The van der Waals surface area contributed by atoms with Crippen LogP contribution in [0.2, 0.25) is 0 Å². The van der Waals surface area contributed by atoms with E-state index in [1.807, 2.05) is 30.3 Å². The van der Waals surface area contributed by atoms with E-state index in [1.54, 1.807) is 0 Å². The minimum absolute atomic E-state index is 0.839. The summed E-state index contributed by atoms with van der Waals surface area (Å²) in [5.41, 5.74) is 0.839. The van der Waals surface area contributed by atoms with Crippen LogP contribution in [0.1, 0.15) is 0 Å². The van der Waals surface area contributed by atoms with Gasteiger partial charge in [-0.05, 0) is 12.1 Å². The van der Waals surface area contributed by atoms with Gasteiger partial charge in [0.2, 0.25) is 0 Å². The fourth-order valence-corrected chi connectivity index (χ4v) is 0.716. The van der Waals surface area contributed by atoms with Gasteiger partial charge < -0.3 is 10.4 Å². The number of hydrogen-bond donors (Lipinski definition) is 3. The van der Waals surface area contributed by atoms with Crippen LogP contribution in [0.15, 0.2) is 30.3 Å². The van der Waals surface area contributed by atoms with Gasteiger partial charge in [-0.2, -0.15) is 0 Å². The van der Waals surface area contributed by atoms with Crippen molar-refractivity contribution in [3.8, 4) is 0 Å². The van der Waals surface area contributed by atoms with E-state index in [-0.39, 0.29) is 0 Å². The molecule has 0 unspecified atom stereocenters. The summed E-state index contributed by atoms with van der Waals surface area (Å²) < 4.78 is 0. The van der Waals surface area contributed by atoms with Crippen LogP contribution in [0.3, 0.4) is 0 Å². The molecule has 0 spiro atoms. The molecule has 0 aliphatic carbocycles. The normalized spacial score (nSPS) is 9.00. The second-order valence-electron chi connectivity index (χ2n) is 2.10. The molecular formula is C8H9N2O2. The highest BCUT2D eigenvalue weighted by molar-refractivity contribution is 5.65. The van der Waals surface area contributed by atoms with Crippen molar-refractivity contribution >= 4 is 11.8 Å². The zero-order valence-electron chi connectivity index (χ0n) is 6.32. The molecule has 1 radical (unpaired) electrons. The van der Waals surface area contributed by atoms with Crippen molar-refractivity contribution < 1.29 is 9.90 Å². The van der Waals surface area contributed by atoms with Gasteiger partial charge in [-0.3, -0.25) is 5.32 Å². The smallest absolute Gasteiger partial charge is 0.406 e. The van der Waals surface area contributed by atoms with Crippen molar-refractivity contribution in [3.63, 3.8) is 0 Å². The number of carbonyl (C=O) groups is 1. The van der Waals surface area contributed by atoms with Crippen LogP contribution in [-0.4, -0.2) is 11.2 Å². The van der Waals surface area contributed by atoms with Crippen molar-refractivity contribution in [1.82, 2.24) is 5.32 Å². The van der Waals surface area contributed by atoms with Crippen molar-refractivity contribution in [1.29, 1.82) is 0 Å². The van der Waals surface area contributed by atoms with Crippen LogP contribution < -0.4 is 10.6 Å². The SMILES string of the molecule is O=C(O)N[CH]Nc1ccccc1. The zero-order chi connectivity index (χ0) is 8.81. The lowest BCUT2D eigenvalue weighted by Crippen LogP contribution is -2.21. The molecule has 1 amide bonds. The van der Waals surface area contributed by atoms with E-state index in [0.29, 0.717) is 0 Å². The number of para-hydroxylation sites is 1. The summed E-state index contributed by atoms with van der Waals surface area (Å²) in [5, 5.41) is 13.0. The van der Waals surface area contributed by atoms with Crippen LogP contribution in [0.25, 0.3) is 0 Å². The molecule has 1 aromatic rings. The van der Waals surface area contributed by atoms with E-state index < -0.39 is 6.09 Å². The summed E-state index contributed by atoms with van der Waals surface area (Å²) in [6.07, 6.45) is -1.08. The second-order valence-corrected chi connectivity index (χ2v) is 2.10. The lowest BCUT2D eigenvalue weighted by atomic mass is 10.3. The standard InChI is InChI=1S/C8H9N2O2/c11-8(12)10-6-9-7-4-2-1-3-5-7/h1-6,9-10H,(H,11,12). The predicted octanol–water partition coefficient (Wildman–Crippen LogP) is 1.49. The maximum Gasteiger partial charge on any atom is 0.406 e. The molecule has 4 heteroatoms. The summed E-state index contributed by atoms with van der Waals surface area (Å²) in [5.74, 6) is 0. The minimum Gasteiger partial charge on any atom is -0.465 e. The number of rotatable bonds is 3. The summed E-state index contributed by atoms with van der Waals surface area (Å²) in [6, 6.07) is 9.27. The van der Waals surface area contributed by atoms with Crippen molar-refractivity contribution in [2.45, 2.75) is 0 Å². The van der Waals surface area contributed by atoms with E-state index in [4.69, 9.17) is 5.11 Å². The highest BCUT2D eigenvalue weighted by Gasteiger charge is 1.92. The summed E-state index contributed by atoms with van der Waals surface area (Å²) in [7, 11) is 0. The molecule has 0 bridgehead atoms. The first-order chi connectivity index (χ1) is 5.79. The Kier molecular flexibility index (Phi) is 2.95. The van der Waals surface area contributed by atoms with Gasteiger partial charge >= 0.3 is 6.09 Å². The monoisotopic (exact) mass is 165 g/mol. The Hall–Kier alpha value is -1.71.